The van der Waals surface area contributed by atoms with Crippen molar-refractivity contribution in [2.45, 2.75) is 54.1 Å². The first-order chi connectivity index (χ1) is 15.4. The summed E-state index contributed by atoms with van der Waals surface area (Å²) in [5, 5.41) is 99.3. The van der Waals surface area contributed by atoms with E-state index < -0.39 is 77.0 Å². The molecule has 0 aliphatic rings. The summed E-state index contributed by atoms with van der Waals surface area (Å²) >= 11 is 0. The molecule has 0 bridgehead atoms. The van der Waals surface area contributed by atoms with Gasteiger partial charge in [0.05, 0.1) is 69.0 Å². The van der Waals surface area contributed by atoms with Crippen LogP contribution >= 0.6 is 54.0 Å². The van der Waals surface area contributed by atoms with Crippen molar-refractivity contribution in [2.24, 2.45) is 0 Å². The molecule has 0 heterocycles. The second kappa shape index (κ2) is 69.7. The summed E-state index contributed by atoms with van der Waals surface area (Å²) in [6.07, 6.45) is -8.29. The summed E-state index contributed by atoms with van der Waals surface area (Å²) < 4.78 is 76.3. The normalized spacial score (nSPS) is 22.1. The van der Waals surface area contributed by atoms with E-state index in [1.807, 2.05) is 0 Å². The van der Waals surface area contributed by atoms with Crippen molar-refractivity contribution in [2.75, 3.05) is 52.6 Å². The van der Waals surface area contributed by atoms with Gasteiger partial charge in [-0.1, -0.05) is 29.7 Å². The first-order valence-corrected chi connectivity index (χ1v) is 5.45. The van der Waals surface area contributed by atoms with Crippen molar-refractivity contribution >= 4 is 54.0 Å². The molecule has 0 aliphatic carbocycles. The second-order valence-electron chi connectivity index (χ2n) is 2.89. The van der Waals surface area contributed by atoms with Crippen LogP contribution in [-0.2, 0) is 0 Å². The molecule has 16 heteroatoms. The highest BCUT2D eigenvalue weighted by atomic mass is 32.1. The van der Waals surface area contributed by atoms with E-state index in [1.54, 1.807) is 0 Å². The highest BCUT2D eigenvalue weighted by Crippen LogP contribution is 1.73. The van der Waals surface area contributed by atoms with Gasteiger partial charge >= 0.3 is 0 Å². The van der Waals surface area contributed by atoms with Gasteiger partial charge in [0.1, 0.15) is 24.4 Å². The Morgan fingerprint density at radius 2 is 0.469 bits per heavy atom. The van der Waals surface area contributed by atoms with Crippen LogP contribution in [0.25, 0.3) is 0 Å². The van der Waals surface area contributed by atoms with Gasteiger partial charge in [0.15, 0.2) is 0 Å². The van der Waals surface area contributed by atoms with Gasteiger partial charge in [-0.2, -0.15) is 54.0 Å². The minimum absolute atomic E-state index is 0. The maximum Gasteiger partial charge on any atom is 0.100 e. The van der Waals surface area contributed by atoms with E-state index in [2.05, 4.69) is 0 Å². The number of rotatable bonds is 8. The lowest BCUT2D eigenvalue weighted by atomic mass is 10.6. The molecule has 32 heavy (non-hydrogen) atoms. The van der Waals surface area contributed by atoms with E-state index >= 15 is 0 Å². The molecule has 0 unspecified atom stereocenters. The minimum atomic E-state index is -2.90. The summed E-state index contributed by atoms with van der Waals surface area (Å²) in [5.74, 6) is 0. The third-order valence-corrected chi connectivity index (χ3v) is 1.09. The Labute approximate surface area is 238 Å². The molecule has 216 valence electrons. The summed E-state index contributed by atoms with van der Waals surface area (Å²) in [6.45, 7) is -19.6. The average molecular weight is 585 g/mol. The van der Waals surface area contributed by atoms with Gasteiger partial charge in [-0.3, -0.25) is 0 Å². The molecular formula is C16H56O12S4. The van der Waals surface area contributed by atoms with Crippen LogP contribution in [0.15, 0.2) is 0 Å². The van der Waals surface area contributed by atoms with Gasteiger partial charge in [-0.25, -0.2) is 0 Å². The van der Waals surface area contributed by atoms with Gasteiger partial charge in [0.2, 0.25) is 0 Å². The van der Waals surface area contributed by atoms with Crippen LogP contribution in [0.2, 0.25) is 0 Å². The summed E-state index contributed by atoms with van der Waals surface area (Å²) in [4.78, 5) is 0. The Morgan fingerprint density at radius 3 is 0.469 bits per heavy atom. The van der Waals surface area contributed by atoms with Crippen molar-refractivity contribution in [3.63, 3.8) is 0 Å². The van der Waals surface area contributed by atoms with Crippen molar-refractivity contribution < 1.29 is 77.7 Å². The molecule has 12 nitrogen and oxygen atoms in total. The van der Waals surface area contributed by atoms with Crippen LogP contribution in [0.3, 0.4) is 0 Å². The Morgan fingerprint density at radius 1 is 0.375 bits per heavy atom. The third-order valence-electron chi connectivity index (χ3n) is 1.09. The van der Waals surface area contributed by atoms with E-state index in [0.717, 1.165) is 0 Å². The lowest BCUT2D eigenvalue weighted by Gasteiger charge is -1.96. The minimum Gasteiger partial charge on any atom is -0.394 e. The zero-order valence-corrected chi connectivity index (χ0v) is 18.0. The molecule has 0 saturated heterocycles. The third kappa shape index (κ3) is 96.7. The highest BCUT2D eigenvalue weighted by molar-refractivity contribution is 7.59. The number of hydrogen-bond donors (Lipinski definition) is 12. The number of aliphatic hydroxyl groups is 12. The van der Waals surface area contributed by atoms with Gasteiger partial charge in [-0.05, 0) is 0 Å². The Bertz CT molecular complexity index is 476. The standard InChI is InChI=1S/4C3H8O3.4CH4.4H2S/c4*4-1-3(6)2-5;;;;;;;;/h4*3-6H,1-2H2;4*1H4;4*1H2/i4*1D2,2+1D;;;;;;;;/t2*2-,3+;2*2-,3-;;;;;;;;/m1010......../s1. The largest absolute Gasteiger partial charge is 0.394 e. The topological polar surface area (TPSA) is 243 Å². The summed E-state index contributed by atoms with van der Waals surface area (Å²) in [6, 6.07) is 0. The zero-order valence-electron chi connectivity index (χ0n) is 26.0. The Balaban J connectivity index is -0.0000000293. The van der Waals surface area contributed by atoms with E-state index in [4.69, 9.17) is 77.7 Å². The number of hydrogen-bond acceptors (Lipinski definition) is 12. The SMILES string of the molecule is C.C.C.C.S.S.S.S.[2H][13C@@H](O)[C@@H](O)C([2H])([2H])O.[2H][13C@@H](O)[C@H](O)C([2H])([2H])O.[2H][13C@H](O)[C@@H](O)C([2H])([2H])O.[2H][13C@H](O)[C@H](O)C([2H])([2H])O. The van der Waals surface area contributed by atoms with Gasteiger partial charge in [0, 0.05) is 0 Å². The lowest BCUT2D eigenvalue weighted by molar-refractivity contribution is 0.0450. The van der Waals surface area contributed by atoms with Gasteiger partial charge in [0.25, 0.3) is 0 Å². The Kier molecular flexibility index (Phi) is 67.4. The second-order valence-corrected chi connectivity index (χ2v) is 2.89. The maximum atomic E-state index is 8.40. The van der Waals surface area contributed by atoms with Crippen molar-refractivity contribution in [1.29, 1.82) is 0 Å². The van der Waals surface area contributed by atoms with Gasteiger partial charge < -0.3 is 61.3 Å². The van der Waals surface area contributed by atoms with Crippen LogP contribution in [0.1, 0.15) is 46.2 Å². The van der Waals surface area contributed by atoms with Crippen molar-refractivity contribution in [3.8, 4) is 0 Å². The predicted molar refractivity (Wildman–Crippen MR) is 149 cm³/mol. The van der Waals surface area contributed by atoms with Crippen LogP contribution in [0.5, 0.6) is 0 Å². The molecular weight excluding hydrogens is 516 g/mol. The first-order valence-electron chi connectivity index (χ1n) is 11.8. The van der Waals surface area contributed by atoms with E-state index in [9.17, 15) is 0 Å². The summed E-state index contributed by atoms with van der Waals surface area (Å²) in [5.41, 5.74) is 0. The van der Waals surface area contributed by atoms with E-state index in [1.165, 1.54) is 0 Å². The quantitative estimate of drug-likeness (QED) is 0.123. The van der Waals surface area contributed by atoms with Crippen LogP contribution in [-0.4, -0.2) is 138 Å². The fourth-order valence-corrected chi connectivity index (χ4v) is 0.133. The molecule has 0 saturated carbocycles. The van der Waals surface area contributed by atoms with Gasteiger partial charge in [-0.15, -0.1) is 0 Å². The molecule has 0 spiro atoms. The molecule has 0 amide bonds. The lowest BCUT2D eigenvalue weighted by Crippen LogP contribution is -2.15. The van der Waals surface area contributed by atoms with E-state index in [-0.39, 0.29) is 83.7 Å². The fourth-order valence-electron chi connectivity index (χ4n) is 0.133. The molecule has 0 fully saturated rings. The van der Waals surface area contributed by atoms with Crippen LogP contribution < -0.4 is 0 Å². The van der Waals surface area contributed by atoms with Crippen LogP contribution in [0.4, 0.5) is 0 Å². The first kappa shape index (κ1) is 31.0. The summed E-state index contributed by atoms with van der Waals surface area (Å²) in [7, 11) is 0. The molecule has 0 aromatic heterocycles. The predicted octanol–water partition coefficient (Wildman–Crippen LogP) is -3.68. The highest BCUT2D eigenvalue weighted by Gasteiger charge is 1.95. The number of aliphatic hydroxyl groups excluding tert-OH is 8. The monoisotopic (exact) mass is 584 g/mol. The molecule has 0 rings (SSSR count). The molecule has 0 radical (unpaired) electrons. The smallest absolute Gasteiger partial charge is 0.100 e. The van der Waals surface area contributed by atoms with E-state index in [0.29, 0.717) is 0 Å². The molecule has 12 N–H and O–H groups in total. The molecule has 0 aromatic carbocycles. The molecule has 0 aliphatic heterocycles. The maximum absolute atomic E-state index is 8.40. The fraction of sp³-hybridized carbons (Fsp3) is 1.00. The molecule has 0 aromatic rings. The van der Waals surface area contributed by atoms with Crippen molar-refractivity contribution in [1.82, 2.24) is 0 Å². The zero-order chi connectivity index (χ0) is 30.6. The van der Waals surface area contributed by atoms with Crippen LogP contribution in [0, 0.1) is 0 Å². The van der Waals surface area contributed by atoms with Crippen molar-refractivity contribution in [3.05, 3.63) is 0 Å². The molecule has 8 atom stereocenters. The Hall–Kier alpha value is 0.920. The average Bonchev–Trinajstić information content (AvgIpc) is 2.63.